The second-order valence-corrected chi connectivity index (χ2v) is 7.49. The first-order chi connectivity index (χ1) is 15.0. The van der Waals surface area contributed by atoms with Gasteiger partial charge < -0.3 is 14.6 Å². The fourth-order valence-electron chi connectivity index (χ4n) is 3.83. The molecule has 0 aromatic heterocycles. The second kappa shape index (κ2) is 8.92. The van der Waals surface area contributed by atoms with Crippen LogP contribution in [0.1, 0.15) is 35.6 Å². The summed E-state index contributed by atoms with van der Waals surface area (Å²) in [4.78, 5) is 11.4. The first-order valence-electron chi connectivity index (χ1n) is 10.1. The van der Waals surface area contributed by atoms with Crippen molar-refractivity contribution >= 4 is 23.2 Å². The van der Waals surface area contributed by atoms with Gasteiger partial charge in [0.2, 0.25) is 0 Å². The first kappa shape index (κ1) is 20.5. The molecule has 4 rings (SSSR count). The molecule has 3 aromatic carbocycles. The van der Waals surface area contributed by atoms with E-state index in [9.17, 15) is 9.90 Å². The highest BCUT2D eigenvalue weighted by atomic mass is 16.5. The number of carboxylic acid groups (broad SMARTS) is 1. The van der Waals surface area contributed by atoms with E-state index in [0.717, 1.165) is 50.5 Å². The van der Waals surface area contributed by atoms with Gasteiger partial charge in [0.15, 0.2) is 0 Å². The van der Waals surface area contributed by atoms with Crippen LogP contribution < -0.4 is 9.47 Å². The number of methoxy groups -OCH3 is 1. The number of hydrogen-bond acceptors (Lipinski definition) is 3. The zero-order chi connectivity index (χ0) is 21.8. The van der Waals surface area contributed by atoms with Crippen LogP contribution in [0.25, 0.3) is 17.2 Å². The summed E-state index contributed by atoms with van der Waals surface area (Å²) < 4.78 is 11.2. The highest BCUT2D eigenvalue weighted by molar-refractivity contribution is 6.07. The molecule has 0 fully saturated rings. The standard InChI is InChI=1S/C27H24O4/c1-18-24(26-15-22(30-2)12-13-23(26)25(18)16-27(28)29)14-19-8-10-20(11-9-19)17-31-21-6-4-3-5-7-21/h3-15H,16-17H2,1-2H3,(H,28,29)/b24-14-. The molecule has 0 spiro atoms. The van der Waals surface area contributed by atoms with Crippen molar-refractivity contribution in [3.8, 4) is 11.5 Å². The minimum atomic E-state index is -0.833. The third kappa shape index (κ3) is 4.53. The number of para-hydroxylation sites is 1. The molecule has 4 heteroatoms. The highest BCUT2D eigenvalue weighted by Crippen LogP contribution is 2.44. The van der Waals surface area contributed by atoms with Gasteiger partial charge >= 0.3 is 5.97 Å². The van der Waals surface area contributed by atoms with Gasteiger partial charge in [-0.1, -0.05) is 48.5 Å². The van der Waals surface area contributed by atoms with Gasteiger partial charge in [0.05, 0.1) is 13.5 Å². The van der Waals surface area contributed by atoms with Gasteiger partial charge in [-0.15, -0.1) is 0 Å². The van der Waals surface area contributed by atoms with Gasteiger partial charge in [-0.2, -0.15) is 0 Å². The minimum Gasteiger partial charge on any atom is -0.497 e. The van der Waals surface area contributed by atoms with Crippen molar-refractivity contribution in [1.82, 2.24) is 0 Å². The zero-order valence-electron chi connectivity index (χ0n) is 17.6. The average Bonchev–Trinajstić information content (AvgIpc) is 3.04. The summed E-state index contributed by atoms with van der Waals surface area (Å²) in [6.07, 6.45) is 2.10. The Kier molecular flexibility index (Phi) is 5.89. The molecule has 0 aliphatic heterocycles. The molecular weight excluding hydrogens is 388 g/mol. The maximum Gasteiger partial charge on any atom is 0.307 e. The molecule has 1 aliphatic rings. The Balaban J connectivity index is 1.61. The van der Waals surface area contributed by atoms with Gasteiger partial charge in [0, 0.05) is 0 Å². The predicted octanol–water partition coefficient (Wildman–Crippen LogP) is 6.08. The number of benzene rings is 3. The van der Waals surface area contributed by atoms with E-state index in [1.54, 1.807) is 7.11 Å². The molecule has 0 saturated heterocycles. The summed E-state index contributed by atoms with van der Waals surface area (Å²) in [5.41, 5.74) is 6.95. The monoisotopic (exact) mass is 412 g/mol. The van der Waals surface area contributed by atoms with Gasteiger partial charge in [0.1, 0.15) is 18.1 Å². The normalized spacial score (nSPS) is 13.9. The maximum absolute atomic E-state index is 11.4. The number of fused-ring (bicyclic) bond motifs is 1. The molecule has 4 nitrogen and oxygen atoms in total. The van der Waals surface area contributed by atoms with Gasteiger partial charge in [0.25, 0.3) is 0 Å². The van der Waals surface area contributed by atoms with Crippen LogP contribution in [-0.4, -0.2) is 18.2 Å². The van der Waals surface area contributed by atoms with E-state index in [1.165, 1.54) is 0 Å². The molecule has 0 saturated carbocycles. The molecule has 0 atom stereocenters. The summed E-state index contributed by atoms with van der Waals surface area (Å²) in [5, 5.41) is 9.37. The quantitative estimate of drug-likeness (QED) is 0.511. The van der Waals surface area contributed by atoms with Crippen LogP contribution in [0.4, 0.5) is 0 Å². The third-order valence-electron chi connectivity index (χ3n) is 5.47. The van der Waals surface area contributed by atoms with Crippen LogP contribution in [0.2, 0.25) is 0 Å². The van der Waals surface area contributed by atoms with E-state index in [2.05, 4.69) is 18.2 Å². The predicted molar refractivity (Wildman–Crippen MR) is 123 cm³/mol. The van der Waals surface area contributed by atoms with Crippen LogP contribution in [0.5, 0.6) is 11.5 Å². The Bertz CT molecular complexity index is 1160. The van der Waals surface area contributed by atoms with Crippen LogP contribution >= 0.6 is 0 Å². The maximum atomic E-state index is 11.4. The van der Waals surface area contributed by atoms with E-state index in [0.29, 0.717) is 6.61 Å². The lowest BCUT2D eigenvalue weighted by Gasteiger charge is -2.08. The largest absolute Gasteiger partial charge is 0.497 e. The van der Waals surface area contributed by atoms with Gasteiger partial charge in [-0.25, -0.2) is 0 Å². The molecular formula is C27H24O4. The number of carbonyl (C=O) groups is 1. The highest BCUT2D eigenvalue weighted by Gasteiger charge is 2.25. The Morgan fingerprint density at radius 2 is 1.68 bits per heavy atom. The average molecular weight is 412 g/mol. The van der Waals surface area contributed by atoms with Crippen molar-refractivity contribution < 1.29 is 19.4 Å². The van der Waals surface area contributed by atoms with Crippen molar-refractivity contribution in [1.29, 1.82) is 0 Å². The molecule has 1 aliphatic carbocycles. The molecule has 0 unspecified atom stereocenters. The van der Waals surface area contributed by atoms with Crippen LogP contribution in [0, 0.1) is 0 Å². The van der Waals surface area contributed by atoms with Gasteiger partial charge in [-0.3, -0.25) is 4.79 Å². The molecule has 0 radical (unpaired) electrons. The zero-order valence-corrected chi connectivity index (χ0v) is 17.6. The van der Waals surface area contributed by atoms with E-state index >= 15 is 0 Å². The number of aliphatic carboxylic acids is 1. The summed E-state index contributed by atoms with van der Waals surface area (Å²) in [5.74, 6) is 0.763. The first-order valence-corrected chi connectivity index (χ1v) is 10.1. The lowest BCUT2D eigenvalue weighted by atomic mass is 10.00. The summed E-state index contributed by atoms with van der Waals surface area (Å²) in [6, 6.07) is 23.7. The Labute approximate surface area is 182 Å². The van der Waals surface area contributed by atoms with Crippen molar-refractivity contribution in [2.24, 2.45) is 0 Å². The molecule has 156 valence electrons. The second-order valence-electron chi connectivity index (χ2n) is 7.49. The summed E-state index contributed by atoms with van der Waals surface area (Å²) >= 11 is 0. The number of allylic oxidation sites excluding steroid dienone is 2. The van der Waals surface area contributed by atoms with E-state index < -0.39 is 5.97 Å². The fraction of sp³-hybridized carbons (Fsp3) is 0.148. The molecule has 31 heavy (non-hydrogen) atoms. The molecule has 1 N–H and O–H groups in total. The smallest absolute Gasteiger partial charge is 0.307 e. The lowest BCUT2D eigenvalue weighted by Crippen LogP contribution is -1.97. The molecule has 0 amide bonds. The van der Waals surface area contributed by atoms with Crippen molar-refractivity contribution in [3.63, 3.8) is 0 Å². The van der Waals surface area contributed by atoms with E-state index in [4.69, 9.17) is 9.47 Å². The lowest BCUT2D eigenvalue weighted by molar-refractivity contribution is -0.135. The Morgan fingerprint density at radius 3 is 2.35 bits per heavy atom. The molecule has 3 aromatic rings. The number of rotatable bonds is 7. The third-order valence-corrected chi connectivity index (χ3v) is 5.47. The molecule has 0 bridgehead atoms. The van der Waals surface area contributed by atoms with Crippen molar-refractivity contribution in [2.45, 2.75) is 20.0 Å². The van der Waals surface area contributed by atoms with Gasteiger partial charge in [-0.05, 0) is 76.2 Å². The summed E-state index contributed by atoms with van der Waals surface area (Å²) in [6.45, 7) is 2.49. The SMILES string of the molecule is COc1ccc2c(c1)/C(=C\c1ccc(COc3ccccc3)cc1)C(C)=C2CC(=O)O. The summed E-state index contributed by atoms with van der Waals surface area (Å²) in [7, 11) is 1.63. The fourth-order valence-corrected chi connectivity index (χ4v) is 3.83. The van der Waals surface area contributed by atoms with E-state index in [-0.39, 0.29) is 6.42 Å². The van der Waals surface area contributed by atoms with Crippen LogP contribution in [-0.2, 0) is 11.4 Å². The van der Waals surface area contributed by atoms with Crippen LogP contribution in [0.15, 0.2) is 78.4 Å². The van der Waals surface area contributed by atoms with E-state index in [1.807, 2.05) is 67.6 Å². The Morgan fingerprint density at radius 1 is 0.935 bits per heavy atom. The Hall–Kier alpha value is -3.79. The van der Waals surface area contributed by atoms with Crippen LogP contribution in [0.3, 0.4) is 0 Å². The topological polar surface area (TPSA) is 55.8 Å². The van der Waals surface area contributed by atoms with Crippen molar-refractivity contribution in [3.05, 3.63) is 101 Å². The van der Waals surface area contributed by atoms with Crippen molar-refractivity contribution in [2.75, 3.05) is 7.11 Å². The number of carboxylic acids is 1. The number of ether oxygens (including phenoxy) is 2. The minimum absolute atomic E-state index is 0.00172. The molecule has 0 heterocycles. The number of hydrogen-bond donors (Lipinski definition) is 1.